The molecule has 0 spiro atoms. The summed E-state index contributed by atoms with van der Waals surface area (Å²) in [5.74, 6) is 0.262. The van der Waals surface area contributed by atoms with Gasteiger partial charge in [0.1, 0.15) is 0 Å². The van der Waals surface area contributed by atoms with Crippen molar-refractivity contribution in [2.45, 2.75) is 12.3 Å². The maximum absolute atomic E-state index is 10.8. The number of hydrogen-bond acceptors (Lipinski definition) is 3. The van der Waals surface area contributed by atoms with Crippen LogP contribution in [-0.4, -0.2) is 17.9 Å². The van der Waals surface area contributed by atoms with Crippen LogP contribution >= 0.6 is 0 Å². The number of hydrogen-bond donors (Lipinski definition) is 1. The van der Waals surface area contributed by atoms with Gasteiger partial charge in [0.05, 0.1) is 5.92 Å². The first-order valence-electron chi connectivity index (χ1n) is 4.41. The van der Waals surface area contributed by atoms with Crippen molar-refractivity contribution >= 4 is 5.97 Å². The summed E-state index contributed by atoms with van der Waals surface area (Å²) in [6, 6.07) is 3.65. The SMILES string of the molecule is O=C(O)C1Cc2cc3c(cc21)OCO3. The maximum Gasteiger partial charge on any atom is 0.311 e. The van der Waals surface area contributed by atoms with E-state index in [2.05, 4.69) is 0 Å². The highest BCUT2D eigenvalue weighted by Gasteiger charge is 2.34. The van der Waals surface area contributed by atoms with Gasteiger partial charge in [-0.05, 0) is 29.7 Å². The zero-order valence-electron chi connectivity index (χ0n) is 7.32. The van der Waals surface area contributed by atoms with Gasteiger partial charge in [-0.25, -0.2) is 0 Å². The highest BCUT2D eigenvalue weighted by molar-refractivity contribution is 5.81. The smallest absolute Gasteiger partial charge is 0.311 e. The molecular formula is C10H8O4. The third-order valence-corrected chi connectivity index (χ3v) is 2.73. The summed E-state index contributed by atoms with van der Waals surface area (Å²) < 4.78 is 10.4. The summed E-state index contributed by atoms with van der Waals surface area (Å²) in [4.78, 5) is 10.8. The molecule has 0 amide bonds. The third-order valence-electron chi connectivity index (χ3n) is 2.73. The van der Waals surface area contributed by atoms with Crippen molar-refractivity contribution in [3.8, 4) is 11.5 Å². The van der Waals surface area contributed by atoms with Crippen LogP contribution in [0.2, 0.25) is 0 Å². The zero-order valence-corrected chi connectivity index (χ0v) is 7.32. The highest BCUT2D eigenvalue weighted by atomic mass is 16.7. The first kappa shape index (κ1) is 7.67. The maximum atomic E-state index is 10.8. The number of benzene rings is 1. The van der Waals surface area contributed by atoms with Gasteiger partial charge in [0, 0.05) is 0 Å². The molecule has 1 aliphatic heterocycles. The van der Waals surface area contributed by atoms with Gasteiger partial charge in [-0.2, -0.15) is 0 Å². The van der Waals surface area contributed by atoms with E-state index in [-0.39, 0.29) is 12.7 Å². The molecule has 3 rings (SSSR count). The second-order valence-electron chi connectivity index (χ2n) is 3.50. The molecular weight excluding hydrogens is 184 g/mol. The Labute approximate surface area is 80.1 Å². The molecule has 0 aromatic heterocycles. The van der Waals surface area contributed by atoms with E-state index in [1.165, 1.54) is 0 Å². The van der Waals surface area contributed by atoms with E-state index < -0.39 is 5.97 Å². The first-order valence-corrected chi connectivity index (χ1v) is 4.41. The molecule has 1 aromatic carbocycles. The largest absolute Gasteiger partial charge is 0.481 e. The summed E-state index contributed by atoms with van der Waals surface area (Å²) in [6.07, 6.45) is 0.599. The fraction of sp³-hybridized carbons (Fsp3) is 0.300. The van der Waals surface area contributed by atoms with E-state index in [1.807, 2.05) is 6.07 Å². The number of aliphatic carboxylic acids is 1. The van der Waals surface area contributed by atoms with Crippen LogP contribution in [0.3, 0.4) is 0 Å². The molecule has 0 radical (unpaired) electrons. The van der Waals surface area contributed by atoms with E-state index in [4.69, 9.17) is 14.6 Å². The van der Waals surface area contributed by atoms with Gasteiger partial charge in [0.25, 0.3) is 0 Å². The Morgan fingerprint density at radius 2 is 2.07 bits per heavy atom. The number of carbonyl (C=O) groups is 1. The minimum absolute atomic E-state index is 0.232. The Bertz CT molecular complexity index is 424. The molecule has 4 heteroatoms. The van der Waals surface area contributed by atoms with Crippen LogP contribution in [-0.2, 0) is 11.2 Å². The lowest BCUT2D eigenvalue weighted by Gasteiger charge is -2.26. The fourth-order valence-electron chi connectivity index (χ4n) is 1.92. The second kappa shape index (κ2) is 2.41. The van der Waals surface area contributed by atoms with E-state index in [0.717, 1.165) is 16.9 Å². The van der Waals surface area contributed by atoms with E-state index in [9.17, 15) is 4.79 Å². The molecule has 1 heterocycles. The van der Waals surface area contributed by atoms with Crippen molar-refractivity contribution in [2.75, 3.05) is 6.79 Å². The average Bonchev–Trinajstić information content (AvgIpc) is 2.54. The lowest BCUT2D eigenvalue weighted by molar-refractivity contribution is -0.139. The van der Waals surface area contributed by atoms with Crippen LogP contribution in [0.5, 0.6) is 11.5 Å². The van der Waals surface area contributed by atoms with Crippen molar-refractivity contribution in [2.24, 2.45) is 0 Å². The summed E-state index contributed by atoms with van der Waals surface area (Å²) >= 11 is 0. The lowest BCUT2D eigenvalue weighted by Crippen LogP contribution is -2.24. The monoisotopic (exact) mass is 192 g/mol. The van der Waals surface area contributed by atoms with Crippen LogP contribution in [0, 0.1) is 0 Å². The molecule has 1 aliphatic carbocycles. The molecule has 0 bridgehead atoms. The van der Waals surface area contributed by atoms with E-state index in [1.54, 1.807) is 6.07 Å². The third kappa shape index (κ3) is 0.852. The summed E-state index contributed by atoms with van der Waals surface area (Å²) in [7, 11) is 0. The van der Waals surface area contributed by atoms with Crippen molar-refractivity contribution in [3.63, 3.8) is 0 Å². The highest BCUT2D eigenvalue weighted by Crippen LogP contribution is 2.44. The molecule has 1 unspecified atom stereocenters. The van der Waals surface area contributed by atoms with Crippen LogP contribution < -0.4 is 9.47 Å². The Kier molecular flexibility index (Phi) is 1.32. The molecule has 2 aliphatic rings. The van der Waals surface area contributed by atoms with Gasteiger partial charge in [-0.1, -0.05) is 0 Å². The number of rotatable bonds is 1. The summed E-state index contributed by atoms with van der Waals surface area (Å²) in [5.41, 5.74) is 1.92. The average molecular weight is 192 g/mol. The molecule has 0 saturated carbocycles. The topological polar surface area (TPSA) is 55.8 Å². The quantitative estimate of drug-likeness (QED) is 0.724. The minimum atomic E-state index is -0.767. The zero-order chi connectivity index (χ0) is 9.71. The molecule has 1 atom stereocenters. The van der Waals surface area contributed by atoms with Crippen LogP contribution in [0.25, 0.3) is 0 Å². The normalized spacial score (nSPS) is 21.3. The number of fused-ring (bicyclic) bond motifs is 2. The Morgan fingerprint density at radius 1 is 1.36 bits per heavy atom. The lowest BCUT2D eigenvalue weighted by atomic mass is 9.77. The van der Waals surface area contributed by atoms with Crippen LogP contribution in [0.4, 0.5) is 0 Å². The molecule has 72 valence electrons. The first-order chi connectivity index (χ1) is 6.75. The Hall–Kier alpha value is -1.71. The molecule has 0 saturated heterocycles. The van der Waals surface area contributed by atoms with Crippen LogP contribution in [0.15, 0.2) is 12.1 Å². The van der Waals surface area contributed by atoms with Crippen molar-refractivity contribution in [1.82, 2.24) is 0 Å². The van der Waals surface area contributed by atoms with Gasteiger partial charge in [0.15, 0.2) is 11.5 Å². The molecule has 1 N–H and O–H groups in total. The van der Waals surface area contributed by atoms with E-state index in [0.29, 0.717) is 12.2 Å². The predicted molar refractivity (Wildman–Crippen MR) is 46.6 cm³/mol. The summed E-state index contributed by atoms with van der Waals surface area (Å²) in [6.45, 7) is 0.232. The van der Waals surface area contributed by atoms with Crippen LogP contribution in [0.1, 0.15) is 17.0 Å². The van der Waals surface area contributed by atoms with Crippen molar-refractivity contribution in [3.05, 3.63) is 23.3 Å². The van der Waals surface area contributed by atoms with Gasteiger partial charge >= 0.3 is 5.97 Å². The number of carboxylic acids is 1. The molecule has 1 aromatic rings. The van der Waals surface area contributed by atoms with Crippen molar-refractivity contribution in [1.29, 1.82) is 0 Å². The Balaban J connectivity index is 2.06. The standard InChI is InChI=1S/C10H8O4/c11-10(12)7-1-5-2-8-9(3-6(5)7)14-4-13-8/h2-3,7H,1,4H2,(H,11,12). The van der Waals surface area contributed by atoms with Gasteiger partial charge < -0.3 is 14.6 Å². The Morgan fingerprint density at radius 3 is 2.79 bits per heavy atom. The molecule has 14 heavy (non-hydrogen) atoms. The van der Waals surface area contributed by atoms with Gasteiger partial charge in [-0.15, -0.1) is 0 Å². The summed E-state index contributed by atoms with van der Waals surface area (Å²) in [5, 5.41) is 8.86. The fourth-order valence-corrected chi connectivity index (χ4v) is 1.92. The minimum Gasteiger partial charge on any atom is -0.481 e. The molecule has 4 nitrogen and oxygen atoms in total. The second-order valence-corrected chi connectivity index (χ2v) is 3.50. The van der Waals surface area contributed by atoms with Gasteiger partial charge in [-0.3, -0.25) is 4.79 Å². The predicted octanol–water partition coefficient (Wildman–Crippen LogP) is 1.14. The van der Waals surface area contributed by atoms with Crippen molar-refractivity contribution < 1.29 is 19.4 Å². The molecule has 0 fully saturated rings. The number of ether oxygens (including phenoxy) is 2. The van der Waals surface area contributed by atoms with Gasteiger partial charge in [0.2, 0.25) is 6.79 Å². The van der Waals surface area contributed by atoms with E-state index >= 15 is 0 Å². The number of carboxylic acid groups (broad SMARTS) is 1.